The molecule has 0 aliphatic carbocycles. The van der Waals surface area contributed by atoms with E-state index in [4.69, 9.17) is 54.7 Å². The van der Waals surface area contributed by atoms with Gasteiger partial charge in [-0.05, 0) is 6.92 Å². The van der Waals surface area contributed by atoms with E-state index in [-0.39, 0.29) is 10.6 Å². The predicted molar refractivity (Wildman–Crippen MR) is 109 cm³/mol. The van der Waals surface area contributed by atoms with Crippen LogP contribution >= 0.6 is 46.6 Å². The van der Waals surface area contributed by atoms with E-state index < -0.39 is 71.3 Å². The maximum Gasteiger partial charge on any atom is 0.508 e. The van der Waals surface area contributed by atoms with Crippen molar-refractivity contribution in [3.63, 3.8) is 0 Å². The number of hydrogen-bond donors (Lipinski definition) is 1. The van der Waals surface area contributed by atoms with Gasteiger partial charge in [0.05, 0.1) is 4.91 Å². The summed E-state index contributed by atoms with van der Waals surface area (Å²) in [6.07, 6.45) is -3.24. The first kappa shape index (κ1) is 26.2. The van der Waals surface area contributed by atoms with Crippen LogP contribution < -0.4 is 5.73 Å². The van der Waals surface area contributed by atoms with Crippen LogP contribution in [0.15, 0.2) is 10.6 Å². The van der Waals surface area contributed by atoms with Gasteiger partial charge in [0, 0.05) is 6.92 Å². The van der Waals surface area contributed by atoms with Crippen molar-refractivity contribution in [1.29, 1.82) is 0 Å². The zero-order valence-electron chi connectivity index (χ0n) is 16.5. The Kier molecular flexibility index (Phi) is 8.74. The zero-order valence-corrected chi connectivity index (χ0v) is 19.6. The molecule has 0 aromatic heterocycles. The number of primary amides is 1. The van der Waals surface area contributed by atoms with E-state index in [2.05, 4.69) is 9.47 Å². The largest absolute Gasteiger partial charge is 0.508 e. The second-order valence-electron chi connectivity index (χ2n) is 6.28. The van der Waals surface area contributed by atoms with Crippen LogP contribution in [0, 0.1) is 5.92 Å². The van der Waals surface area contributed by atoms with Crippen LogP contribution in [0.25, 0.3) is 0 Å². The van der Waals surface area contributed by atoms with Crippen molar-refractivity contribution in [2.24, 2.45) is 11.7 Å². The number of nitrogens with two attached hydrogens (primary N) is 1. The number of β-lactam (4-membered cyclic amide) rings is 1. The third-order valence-electron chi connectivity index (χ3n) is 3.98. The third kappa shape index (κ3) is 6.70. The minimum Gasteiger partial charge on any atom is -0.444 e. The average Bonchev–Trinajstić information content (AvgIpc) is 2.98. The Morgan fingerprint density at radius 1 is 1.16 bits per heavy atom. The molecule has 2 aliphatic heterocycles. The Morgan fingerprint density at radius 2 is 1.81 bits per heavy atom. The van der Waals surface area contributed by atoms with Crippen molar-refractivity contribution in [3.8, 4) is 0 Å². The van der Waals surface area contributed by atoms with Crippen molar-refractivity contribution < 1.29 is 47.7 Å². The molecule has 32 heavy (non-hydrogen) atoms. The summed E-state index contributed by atoms with van der Waals surface area (Å²) in [6.45, 7) is 0.890. The monoisotopic (exact) mass is 534 g/mol. The van der Waals surface area contributed by atoms with E-state index in [1.807, 2.05) is 0 Å². The molecule has 2 heterocycles. The summed E-state index contributed by atoms with van der Waals surface area (Å²) in [5.74, 6) is -3.12. The molecule has 0 unspecified atom stereocenters. The number of nitrogens with zero attached hydrogens (tertiary/aromatic N) is 1. The van der Waals surface area contributed by atoms with Gasteiger partial charge in [-0.1, -0.05) is 46.6 Å². The topological polar surface area (TPSA) is 161 Å². The first-order chi connectivity index (χ1) is 14.8. The molecule has 0 radical (unpaired) electrons. The fraction of sp³-hybridized carbons (Fsp3) is 0.562. The SMILES string of the molecule is CC(=O)OCOC(=O)C1=C(COC(N)=O)S[C@@H]2[C@@H]([C@@H](C)OC(=O)OCC(Cl)(Cl)Cl)C(=O)N12. The number of hydrogen-bond acceptors (Lipinski definition) is 11. The fourth-order valence-corrected chi connectivity index (χ4v) is 4.38. The maximum absolute atomic E-state index is 12.7. The second kappa shape index (κ2) is 10.7. The maximum atomic E-state index is 12.7. The number of esters is 2. The molecule has 16 heteroatoms. The number of carbonyl (C=O) groups excluding carboxylic acids is 5. The molecule has 178 valence electrons. The molecule has 3 atom stereocenters. The van der Waals surface area contributed by atoms with Crippen molar-refractivity contribution in [1.82, 2.24) is 4.90 Å². The summed E-state index contributed by atoms with van der Waals surface area (Å²) in [7, 11) is 0. The van der Waals surface area contributed by atoms with Gasteiger partial charge in [0.25, 0.3) is 0 Å². The van der Waals surface area contributed by atoms with Crippen LogP contribution in [0.1, 0.15) is 13.8 Å². The summed E-state index contributed by atoms with van der Waals surface area (Å²) >= 11 is 17.5. The molecule has 2 N–H and O–H groups in total. The van der Waals surface area contributed by atoms with Gasteiger partial charge < -0.3 is 29.4 Å². The van der Waals surface area contributed by atoms with E-state index in [0.717, 1.165) is 23.6 Å². The van der Waals surface area contributed by atoms with Crippen molar-refractivity contribution in [2.75, 3.05) is 20.0 Å². The van der Waals surface area contributed by atoms with Crippen LogP contribution in [-0.2, 0) is 38.1 Å². The number of amides is 2. The third-order valence-corrected chi connectivity index (χ3v) is 5.65. The zero-order chi connectivity index (χ0) is 24.2. The van der Waals surface area contributed by atoms with Gasteiger partial charge in [0.15, 0.2) is 0 Å². The van der Waals surface area contributed by atoms with E-state index in [1.165, 1.54) is 6.92 Å². The minimum atomic E-state index is -1.84. The predicted octanol–water partition coefficient (Wildman–Crippen LogP) is 1.80. The summed E-state index contributed by atoms with van der Waals surface area (Å²) < 4.78 is 22.0. The first-order valence-electron chi connectivity index (χ1n) is 8.67. The molecule has 2 amide bonds. The van der Waals surface area contributed by atoms with E-state index >= 15 is 0 Å². The number of rotatable bonds is 8. The standard InChI is InChI=1S/C16H17Cl3N2O10S/c1-6(31-15(26)28-4-16(17,18)19)9-11(23)21-10(13(24)30-5-29-7(2)22)8(32-12(9)21)3-27-14(20)25/h6,9,12H,3-5H2,1-2H3,(H2,20,25)/t6-,9+,12-/m1/s1. The van der Waals surface area contributed by atoms with E-state index in [0.29, 0.717) is 0 Å². The highest BCUT2D eigenvalue weighted by Crippen LogP contribution is 2.51. The van der Waals surface area contributed by atoms with Gasteiger partial charge in [-0.3, -0.25) is 14.5 Å². The van der Waals surface area contributed by atoms with Crippen molar-refractivity contribution in [3.05, 3.63) is 10.6 Å². The van der Waals surface area contributed by atoms with Crippen molar-refractivity contribution >= 4 is 76.7 Å². The Balaban J connectivity index is 2.07. The Bertz CT molecular complexity index is 846. The second-order valence-corrected chi connectivity index (χ2v) is 10.0. The van der Waals surface area contributed by atoms with Gasteiger partial charge in [-0.15, -0.1) is 0 Å². The van der Waals surface area contributed by atoms with Crippen LogP contribution in [0.5, 0.6) is 0 Å². The van der Waals surface area contributed by atoms with Crippen molar-refractivity contribution in [2.45, 2.75) is 29.1 Å². The highest BCUT2D eigenvalue weighted by atomic mass is 35.6. The highest BCUT2D eigenvalue weighted by molar-refractivity contribution is 8.04. The van der Waals surface area contributed by atoms with Crippen LogP contribution in [0.3, 0.4) is 0 Å². The highest BCUT2D eigenvalue weighted by Gasteiger charge is 2.59. The Labute approximate surface area is 200 Å². The minimum absolute atomic E-state index is 0.170. The van der Waals surface area contributed by atoms with Gasteiger partial charge in [0.2, 0.25) is 16.5 Å². The number of carbonyl (C=O) groups is 5. The van der Waals surface area contributed by atoms with E-state index in [1.54, 1.807) is 0 Å². The molecular weight excluding hydrogens is 519 g/mol. The lowest BCUT2D eigenvalue weighted by molar-refractivity contribution is -0.169. The Morgan fingerprint density at radius 3 is 2.38 bits per heavy atom. The molecule has 1 fully saturated rings. The molecular formula is C16H17Cl3N2O10S. The van der Waals surface area contributed by atoms with Gasteiger partial charge >= 0.3 is 24.2 Å². The molecule has 0 saturated carbocycles. The number of halogens is 3. The van der Waals surface area contributed by atoms with Gasteiger partial charge in [-0.2, -0.15) is 0 Å². The summed E-state index contributed by atoms with van der Waals surface area (Å²) in [6, 6.07) is 0. The number of alkyl halides is 3. The normalized spacial score (nSPS) is 20.7. The fourth-order valence-electron chi connectivity index (χ4n) is 2.70. The number of ether oxygens (including phenoxy) is 5. The van der Waals surface area contributed by atoms with Crippen LogP contribution in [-0.4, -0.2) is 70.3 Å². The molecule has 2 rings (SSSR count). The smallest absolute Gasteiger partial charge is 0.444 e. The lowest BCUT2D eigenvalue weighted by atomic mass is 9.92. The molecule has 1 saturated heterocycles. The van der Waals surface area contributed by atoms with Crippen LogP contribution in [0.2, 0.25) is 0 Å². The number of fused-ring (bicyclic) bond motifs is 1. The molecule has 12 nitrogen and oxygen atoms in total. The first-order valence-corrected chi connectivity index (χ1v) is 10.7. The average molecular weight is 536 g/mol. The molecule has 0 spiro atoms. The molecule has 0 aromatic rings. The molecule has 0 aromatic carbocycles. The quantitative estimate of drug-likeness (QED) is 0.159. The summed E-state index contributed by atoms with van der Waals surface area (Å²) in [5.41, 5.74) is 4.75. The summed E-state index contributed by atoms with van der Waals surface area (Å²) in [4.78, 5) is 60.0. The van der Waals surface area contributed by atoms with Gasteiger partial charge in [-0.25, -0.2) is 14.4 Å². The number of thioether (sulfide) groups is 1. The Hall–Kier alpha value is -2.09. The summed E-state index contributed by atoms with van der Waals surface area (Å²) in [5, 5.41) is -0.679. The van der Waals surface area contributed by atoms with Gasteiger partial charge in [0.1, 0.15) is 36.3 Å². The van der Waals surface area contributed by atoms with Crippen LogP contribution in [0.4, 0.5) is 9.59 Å². The molecule has 0 bridgehead atoms. The van der Waals surface area contributed by atoms with E-state index in [9.17, 15) is 24.0 Å². The lowest BCUT2D eigenvalue weighted by Gasteiger charge is -2.44. The lowest BCUT2D eigenvalue weighted by Crippen LogP contribution is -2.61. The molecule has 2 aliphatic rings.